The van der Waals surface area contributed by atoms with Gasteiger partial charge in [-0.05, 0) is 24.6 Å². The maximum atomic E-state index is 11.4. The van der Waals surface area contributed by atoms with Gasteiger partial charge in [0.15, 0.2) is 0 Å². The predicted octanol–water partition coefficient (Wildman–Crippen LogP) is 1.42. The Labute approximate surface area is 119 Å². The van der Waals surface area contributed by atoms with Crippen LogP contribution in [0.3, 0.4) is 0 Å². The van der Waals surface area contributed by atoms with Gasteiger partial charge in [0.25, 0.3) is 0 Å². The fourth-order valence-electron chi connectivity index (χ4n) is 2.10. The molecule has 0 atom stereocenters. The quantitative estimate of drug-likeness (QED) is 0.826. The highest BCUT2D eigenvalue weighted by molar-refractivity contribution is 5.78. The van der Waals surface area contributed by atoms with Crippen LogP contribution in [-0.4, -0.2) is 42.2 Å². The summed E-state index contributed by atoms with van der Waals surface area (Å²) in [6, 6.07) is 7.54. The predicted molar refractivity (Wildman–Crippen MR) is 76.3 cm³/mol. The molecule has 20 heavy (non-hydrogen) atoms. The monoisotopic (exact) mass is 273 g/mol. The van der Waals surface area contributed by atoms with Crippen LogP contribution in [0.2, 0.25) is 0 Å². The number of benzene rings is 1. The second-order valence-corrected chi connectivity index (χ2v) is 4.64. The summed E-state index contributed by atoms with van der Waals surface area (Å²) in [6.07, 6.45) is 2.09. The first-order chi connectivity index (χ1) is 9.79. The number of hydrogen-bond donors (Lipinski definition) is 1. The van der Waals surface area contributed by atoms with Gasteiger partial charge < -0.3 is 14.7 Å². The van der Waals surface area contributed by atoms with E-state index in [0.717, 1.165) is 24.3 Å². The van der Waals surface area contributed by atoms with Crippen molar-refractivity contribution in [3.8, 4) is 17.6 Å². The SMILES string of the molecule is O=C1CCCN1CCOc1cccc(C#CCCO)c1. The Morgan fingerprint density at radius 2 is 2.30 bits per heavy atom. The van der Waals surface area contributed by atoms with Gasteiger partial charge in [-0.15, -0.1) is 0 Å². The number of nitrogens with zero attached hydrogens (tertiary/aromatic N) is 1. The van der Waals surface area contributed by atoms with Crippen LogP contribution < -0.4 is 4.74 Å². The third-order valence-corrected chi connectivity index (χ3v) is 3.10. The van der Waals surface area contributed by atoms with Crippen LogP contribution in [0.4, 0.5) is 0 Å². The van der Waals surface area contributed by atoms with Crippen molar-refractivity contribution in [2.45, 2.75) is 19.3 Å². The Kier molecular flexibility index (Phi) is 5.45. The Morgan fingerprint density at radius 1 is 1.40 bits per heavy atom. The molecule has 0 spiro atoms. The molecule has 4 heteroatoms. The summed E-state index contributed by atoms with van der Waals surface area (Å²) in [7, 11) is 0. The van der Waals surface area contributed by atoms with E-state index >= 15 is 0 Å². The lowest BCUT2D eigenvalue weighted by molar-refractivity contribution is -0.128. The molecule has 1 N–H and O–H groups in total. The normalized spacial score (nSPS) is 14.1. The first-order valence-electron chi connectivity index (χ1n) is 6.90. The van der Waals surface area contributed by atoms with Gasteiger partial charge in [0, 0.05) is 24.9 Å². The second-order valence-electron chi connectivity index (χ2n) is 4.64. The van der Waals surface area contributed by atoms with Gasteiger partial charge in [0.05, 0.1) is 13.2 Å². The molecule has 106 valence electrons. The molecule has 1 amide bonds. The lowest BCUT2D eigenvalue weighted by Gasteiger charge is -2.15. The summed E-state index contributed by atoms with van der Waals surface area (Å²) in [5.74, 6) is 6.82. The standard InChI is InChI=1S/C16H19NO3/c18-11-2-1-5-14-6-3-7-15(13-14)20-12-10-17-9-4-8-16(17)19/h3,6-7,13,18H,2,4,8-12H2. The number of carbonyl (C=O) groups excluding carboxylic acids is 1. The molecule has 0 saturated carbocycles. The zero-order valence-electron chi connectivity index (χ0n) is 11.5. The van der Waals surface area contributed by atoms with Gasteiger partial charge in [-0.25, -0.2) is 0 Å². The Bertz CT molecular complexity index is 516. The van der Waals surface area contributed by atoms with Gasteiger partial charge in [0.1, 0.15) is 12.4 Å². The summed E-state index contributed by atoms with van der Waals surface area (Å²) in [4.78, 5) is 13.3. The smallest absolute Gasteiger partial charge is 0.222 e. The largest absolute Gasteiger partial charge is 0.492 e. The summed E-state index contributed by atoms with van der Waals surface area (Å²) in [5.41, 5.74) is 0.869. The molecule has 1 aromatic carbocycles. The molecule has 0 radical (unpaired) electrons. The number of amides is 1. The number of rotatable bonds is 5. The van der Waals surface area contributed by atoms with Crippen LogP contribution in [0.15, 0.2) is 24.3 Å². The highest BCUT2D eigenvalue weighted by atomic mass is 16.5. The molecule has 1 aromatic rings. The number of carbonyl (C=O) groups is 1. The molecule has 1 aliphatic rings. The summed E-state index contributed by atoms with van der Waals surface area (Å²) in [6.45, 7) is 2.06. The molecule has 1 fully saturated rings. The average Bonchev–Trinajstić information content (AvgIpc) is 2.85. The fourth-order valence-corrected chi connectivity index (χ4v) is 2.10. The zero-order valence-corrected chi connectivity index (χ0v) is 11.5. The van der Waals surface area contributed by atoms with Crippen molar-refractivity contribution in [1.82, 2.24) is 4.90 Å². The number of likely N-dealkylation sites (tertiary alicyclic amines) is 1. The van der Waals surface area contributed by atoms with Crippen LogP contribution in [0.5, 0.6) is 5.75 Å². The Hall–Kier alpha value is -1.99. The van der Waals surface area contributed by atoms with Crippen molar-refractivity contribution in [3.05, 3.63) is 29.8 Å². The lowest BCUT2D eigenvalue weighted by Crippen LogP contribution is -2.29. The summed E-state index contributed by atoms with van der Waals surface area (Å²) < 4.78 is 5.65. The van der Waals surface area contributed by atoms with Gasteiger partial charge in [-0.3, -0.25) is 4.79 Å². The van der Waals surface area contributed by atoms with Crippen molar-refractivity contribution < 1.29 is 14.6 Å². The number of hydrogen-bond acceptors (Lipinski definition) is 3. The molecule has 0 aliphatic carbocycles. The van der Waals surface area contributed by atoms with E-state index < -0.39 is 0 Å². The third kappa shape index (κ3) is 4.29. The minimum Gasteiger partial charge on any atom is -0.492 e. The van der Waals surface area contributed by atoms with E-state index in [1.165, 1.54) is 0 Å². The van der Waals surface area contributed by atoms with E-state index in [-0.39, 0.29) is 12.5 Å². The maximum Gasteiger partial charge on any atom is 0.222 e. The van der Waals surface area contributed by atoms with Crippen molar-refractivity contribution in [2.75, 3.05) is 26.3 Å². The summed E-state index contributed by atoms with van der Waals surface area (Å²) in [5, 5.41) is 8.68. The third-order valence-electron chi connectivity index (χ3n) is 3.10. The van der Waals surface area contributed by atoms with Gasteiger partial charge in [-0.1, -0.05) is 17.9 Å². The van der Waals surface area contributed by atoms with E-state index in [2.05, 4.69) is 11.8 Å². The highest BCUT2D eigenvalue weighted by Crippen LogP contribution is 2.13. The molecule has 0 aromatic heterocycles. The lowest BCUT2D eigenvalue weighted by atomic mass is 10.2. The van der Waals surface area contributed by atoms with Crippen LogP contribution >= 0.6 is 0 Å². The number of ether oxygens (including phenoxy) is 1. The number of aliphatic hydroxyl groups excluding tert-OH is 1. The summed E-state index contributed by atoms with van der Waals surface area (Å²) >= 11 is 0. The minimum atomic E-state index is 0.0764. The second kappa shape index (κ2) is 7.56. The van der Waals surface area contributed by atoms with E-state index in [4.69, 9.17) is 9.84 Å². The molecular weight excluding hydrogens is 254 g/mol. The Balaban J connectivity index is 1.82. The van der Waals surface area contributed by atoms with Crippen LogP contribution in [-0.2, 0) is 4.79 Å². The topological polar surface area (TPSA) is 49.8 Å². The molecular formula is C16H19NO3. The van der Waals surface area contributed by atoms with E-state index in [0.29, 0.717) is 26.0 Å². The van der Waals surface area contributed by atoms with Crippen LogP contribution in [0.1, 0.15) is 24.8 Å². The van der Waals surface area contributed by atoms with E-state index in [1.807, 2.05) is 29.2 Å². The van der Waals surface area contributed by atoms with Crippen molar-refractivity contribution in [3.63, 3.8) is 0 Å². The molecule has 0 bridgehead atoms. The highest BCUT2D eigenvalue weighted by Gasteiger charge is 2.19. The maximum absolute atomic E-state index is 11.4. The zero-order chi connectivity index (χ0) is 14.2. The molecule has 1 heterocycles. The minimum absolute atomic E-state index is 0.0764. The average molecular weight is 273 g/mol. The number of aliphatic hydroxyl groups is 1. The van der Waals surface area contributed by atoms with Gasteiger partial charge in [-0.2, -0.15) is 0 Å². The fraction of sp³-hybridized carbons (Fsp3) is 0.438. The van der Waals surface area contributed by atoms with Crippen molar-refractivity contribution in [1.29, 1.82) is 0 Å². The molecule has 2 rings (SSSR count). The van der Waals surface area contributed by atoms with Gasteiger partial charge in [0.2, 0.25) is 5.91 Å². The van der Waals surface area contributed by atoms with Crippen molar-refractivity contribution in [2.24, 2.45) is 0 Å². The molecule has 1 aliphatic heterocycles. The van der Waals surface area contributed by atoms with E-state index in [1.54, 1.807) is 0 Å². The molecule has 4 nitrogen and oxygen atoms in total. The van der Waals surface area contributed by atoms with Crippen LogP contribution in [0, 0.1) is 11.8 Å². The molecule has 1 saturated heterocycles. The first-order valence-corrected chi connectivity index (χ1v) is 6.90. The molecule has 0 unspecified atom stereocenters. The first kappa shape index (κ1) is 14.4. The van der Waals surface area contributed by atoms with E-state index in [9.17, 15) is 4.79 Å². The van der Waals surface area contributed by atoms with Crippen molar-refractivity contribution >= 4 is 5.91 Å². The Morgan fingerprint density at radius 3 is 3.05 bits per heavy atom. The van der Waals surface area contributed by atoms with Crippen LogP contribution in [0.25, 0.3) is 0 Å². The van der Waals surface area contributed by atoms with Gasteiger partial charge >= 0.3 is 0 Å².